The highest BCUT2D eigenvalue weighted by atomic mass is 28.4. The van der Waals surface area contributed by atoms with Crippen molar-refractivity contribution in [1.82, 2.24) is 0 Å². The Morgan fingerprint density at radius 1 is 1.24 bits per heavy atom. The fourth-order valence-electron chi connectivity index (χ4n) is 0.988. The van der Waals surface area contributed by atoms with Gasteiger partial charge in [0.1, 0.15) is 0 Å². The molecule has 0 aliphatic carbocycles. The summed E-state index contributed by atoms with van der Waals surface area (Å²) in [4.78, 5) is 3.97. The molecule has 0 spiro atoms. The van der Waals surface area contributed by atoms with Gasteiger partial charge in [0.15, 0.2) is 14.1 Å². The Labute approximate surface area is 106 Å². The van der Waals surface area contributed by atoms with Gasteiger partial charge in [0, 0.05) is 6.20 Å². The van der Waals surface area contributed by atoms with Crippen molar-refractivity contribution < 1.29 is 9.53 Å². The van der Waals surface area contributed by atoms with Crippen molar-refractivity contribution >= 4 is 14.5 Å². The molecule has 0 rings (SSSR count). The van der Waals surface area contributed by atoms with Gasteiger partial charge in [0.2, 0.25) is 0 Å². The first-order chi connectivity index (χ1) is 7.52. The molecule has 0 aromatic heterocycles. The molecule has 1 unspecified atom stereocenters. The smallest absolute Gasteiger partial charge is 0.196 e. The van der Waals surface area contributed by atoms with Crippen molar-refractivity contribution in [2.75, 3.05) is 0 Å². The molecule has 0 radical (unpaired) electrons. The maximum Gasteiger partial charge on any atom is 0.196 e. The normalized spacial score (nSPS) is 17.6. The number of hydrogen-bond donors (Lipinski definition) is 1. The standard InChI is InChI=1S/C13H25NO2Si/c1-8-9-10-14-11-13(5,15)16-17(6,7)12(2,3)4/h8-11,15H,1H2,2-7H3/b10-9-,14-11+. The molecule has 0 aliphatic heterocycles. The molecule has 0 fully saturated rings. The Kier molecular flexibility index (Phi) is 5.51. The van der Waals surface area contributed by atoms with Crippen LogP contribution < -0.4 is 0 Å². The number of aliphatic hydroxyl groups is 1. The summed E-state index contributed by atoms with van der Waals surface area (Å²) in [7, 11) is -1.99. The van der Waals surface area contributed by atoms with Crippen molar-refractivity contribution in [3.63, 3.8) is 0 Å². The number of nitrogens with zero attached hydrogens (tertiary/aromatic N) is 1. The Hall–Kier alpha value is -0.713. The van der Waals surface area contributed by atoms with Gasteiger partial charge in [-0.25, -0.2) is 0 Å². The van der Waals surface area contributed by atoms with Crippen LogP contribution in [0.15, 0.2) is 29.9 Å². The molecule has 1 atom stereocenters. The first-order valence-electron chi connectivity index (χ1n) is 5.76. The third-order valence-corrected chi connectivity index (χ3v) is 7.43. The SMILES string of the molecule is C=C/C=C\N=C\C(C)(O)O[Si](C)(C)C(C)(C)C. The van der Waals surface area contributed by atoms with Gasteiger partial charge in [0.25, 0.3) is 0 Å². The van der Waals surface area contributed by atoms with Crippen LogP contribution in [0.1, 0.15) is 27.7 Å². The Morgan fingerprint density at radius 2 is 1.76 bits per heavy atom. The molecule has 0 saturated heterocycles. The van der Waals surface area contributed by atoms with Crippen LogP contribution in [-0.4, -0.2) is 25.4 Å². The highest BCUT2D eigenvalue weighted by Crippen LogP contribution is 2.38. The topological polar surface area (TPSA) is 41.8 Å². The summed E-state index contributed by atoms with van der Waals surface area (Å²) < 4.78 is 5.86. The molecule has 3 nitrogen and oxygen atoms in total. The van der Waals surface area contributed by atoms with Gasteiger partial charge in [-0.15, -0.1) is 0 Å². The van der Waals surface area contributed by atoms with E-state index in [-0.39, 0.29) is 5.04 Å². The second kappa shape index (κ2) is 5.75. The number of allylic oxidation sites excluding steroid dienone is 2. The van der Waals surface area contributed by atoms with E-state index in [1.807, 2.05) is 0 Å². The van der Waals surface area contributed by atoms with Gasteiger partial charge in [-0.05, 0) is 31.1 Å². The van der Waals surface area contributed by atoms with Crippen LogP contribution >= 0.6 is 0 Å². The van der Waals surface area contributed by atoms with E-state index in [1.165, 1.54) is 6.21 Å². The molecule has 0 aromatic rings. The number of rotatable bonds is 5. The van der Waals surface area contributed by atoms with Crippen LogP contribution in [-0.2, 0) is 4.43 Å². The van der Waals surface area contributed by atoms with Crippen molar-refractivity contribution in [3.8, 4) is 0 Å². The zero-order valence-corrected chi connectivity index (χ0v) is 12.8. The molecular weight excluding hydrogens is 230 g/mol. The Balaban J connectivity index is 4.70. The lowest BCUT2D eigenvalue weighted by molar-refractivity contribution is -0.0649. The maximum atomic E-state index is 10.1. The zero-order chi connectivity index (χ0) is 13.7. The van der Waals surface area contributed by atoms with Gasteiger partial charge in [-0.3, -0.25) is 4.99 Å². The summed E-state index contributed by atoms with van der Waals surface area (Å²) >= 11 is 0. The lowest BCUT2D eigenvalue weighted by Crippen LogP contribution is -2.49. The van der Waals surface area contributed by atoms with Crippen molar-refractivity contribution in [3.05, 3.63) is 24.9 Å². The Morgan fingerprint density at radius 3 is 2.18 bits per heavy atom. The van der Waals surface area contributed by atoms with E-state index in [4.69, 9.17) is 4.43 Å². The lowest BCUT2D eigenvalue weighted by atomic mass is 10.2. The third-order valence-electron chi connectivity index (χ3n) is 2.89. The lowest BCUT2D eigenvalue weighted by Gasteiger charge is -2.40. The second-order valence-corrected chi connectivity index (χ2v) is 10.5. The van der Waals surface area contributed by atoms with E-state index in [0.717, 1.165) is 0 Å². The van der Waals surface area contributed by atoms with Gasteiger partial charge in [-0.1, -0.05) is 33.4 Å². The molecular formula is C13H25NO2Si. The van der Waals surface area contributed by atoms with E-state index in [9.17, 15) is 5.11 Å². The quantitative estimate of drug-likeness (QED) is 0.354. The average molecular weight is 255 g/mol. The Bertz CT molecular complexity index is 312. The number of hydrogen-bond acceptors (Lipinski definition) is 3. The maximum absolute atomic E-state index is 10.1. The number of aliphatic imine (C=N–C) groups is 1. The molecule has 98 valence electrons. The predicted octanol–water partition coefficient (Wildman–Crippen LogP) is 3.49. The van der Waals surface area contributed by atoms with Crippen LogP contribution in [0.25, 0.3) is 0 Å². The molecule has 0 aliphatic rings. The second-order valence-electron chi connectivity index (χ2n) is 5.77. The van der Waals surface area contributed by atoms with Gasteiger partial charge >= 0.3 is 0 Å². The minimum Gasteiger partial charge on any atom is -0.386 e. The fraction of sp³-hybridized carbons (Fsp3) is 0.615. The highest BCUT2D eigenvalue weighted by molar-refractivity contribution is 6.74. The molecule has 1 N–H and O–H groups in total. The van der Waals surface area contributed by atoms with E-state index >= 15 is 0 Å². The van der Waals surface area contributed by atoms with Crippen LogP contribution in [0.3, 0.4) is 0 Å². The summed E-state index contributed by atoms with van der Waals surface area (Å²) in [6, 6.07) is 0. The zero-order valence-electron chi connectivity index (χ0n) is 11.8. The van der Waals surface area contributed by atoms with Crippen LogP contribution in [0, 0.1) is 0 Å². The van der Waals surface area contributed by atoms with E-state index in [2.05, 4.69) is 45.4 Å². The largest absolute Gasteiger partial charge is 0.386 e. The van der Waals surface area contributed by atoms with Gasteiger partial charge in [-0.2, -0.15) is 0 Å². The molecule has 0 heterocycles. The molecule has 0 bridgehead atoms. The van der Waals surface area contributed by atoms with E-state index < -0.39 is 14.1 Å². The first kappa shape index (κ1) is 16.3. The van der Waals surface area contributed by atoms with Crippen LogP contribution in [0.5, 0.6) is 0 Å². The van der Waals surface area contributed by atoms with Crippen molar-refractivity contribution in [2.24, 2.45) is 4.99 Å². The summed E-state index contributed by atoms with van der Waals surface area (Å²) in [5, 5.41) is 10.2. The first-order valence-corrected chi connectivity index (χ1v) is 8.67. The van der Waals surface area contributed by atoms with Gasteiger partial charge < -0.3 is 9.53 Å². The fourth-order valence-corrected chi connectivity index (χ4v) is 2.38. The predicted molar refractivity (Wildman–Crippen MR) is 76.7 cm³/mol. The minimum absolute atomic E-state index is 0.0573. The van der Waals surface area contributed by atoms with E-state index in [0.29, 0.717) is 0 Å². The molecule has 0 aromatic carbocycles. The molecule has 0 saturated carbocycles. The molecule has 4 heteroatoms. The summed E-state index contributed by atoms with van der Waals surface area (Å²) in [5.41, 5.74) is 0. The monoisotopic (exact) mass is 255 g/mol. The summed E-state index contributed by atoms with van der Waals surface area (Å²) in [6.45, 7) is 15.7. The molecule has 17 heavy (non-hydrogen) atoms. The summed E-state index contributed by atoms with van der Waals surface area (Å²) in [5.74, 6) is -1.32. The van der Waals surface area contributed by atoms with Crippen molar-refractivity contribution in [2.45, 2.75) is 51.6 Å². The third kappa shape index (κ3) is 5.96. The van der Waals surface area contributed by atoms with Crippen LogP contribution in [0.4, 0.5) is 0 Å². The van der Waals surface area contributed by atoms with Gasteiger partial charge in [0.05, 0.1) is 6.21 Å². The minimum atomic E-state index is -1.99. The van der Waals surface area contributed by atoms with Crippen molar-refractivity contribution in [1.29, 1.82) is 0 Å². The van der Waals surface area contributed by atoms with E-state index in [1.54, 1.807) is 25.3 Å². The highest BCUT2D eigenvalue weighted by Gasteiger charge is 2.41. The average Bonchev–Trinajstić information content (AvgIpc) is 2.09. The molecule has 0 amide bonds. The van der Waals surface area contributed by atoms with Crippen LogP contribution in [0.2, 0.25) is 18.1 Å². The summed E-state index contributed by atoms with van der Waals surface area (Å²) in [6.07, 6.45) is 6.30.